The van der Waals surface area contributed by atoms with Crippen molar-refractivity contribution in [3.63, 3.8) is 0 Å². The van der Waals surface area contributed by atoms with Crippen molar-refractivity contribution in [3.05, 3.63) is 23.8 Å². The van der Waals surface area contributed by atoms with E-state index >= 15 is 0 Å². The third-order valence-electron chi connectivity index (χ3n) is 5.85. The number of nitrogens with zero attached hydrogens (tertiary/aromatic N) is 2. The quantitative estimate of drug-likeness (QED) is 0.631. The van der Waals surface area contributed by atoms with E-state index in [1.165, 1.54) is 10.4 Å². The highest BCUT2D eigenvalue weighted by molar-refractivity contribution is 7.89. The summed E-state index contributed by atoms with van der Waals surface area (Å²) in [6.07, 6.45) is 0.527. The summed E-state index contributed by atoms with van der Waals surface area (Å²) in [5, 5.41) is 19.2. The monoisotopic (exact) mass is 464 g/mol. The van der Waals surface area contributed by atoms with E-state index in [2.05, 4.69) is 11.8 Å². The zero-order valence-electron chi connectivity index (χ0n) is 19.0. The van der Waals surface area contributed by atoms with Crippen molar-refractivity contribution in [3.8, 4) is 17.6 Å². The summed E-state index contributed by atoms with van der Waals surface area (Å²) in [5.41, 5.74) is 0.510. The van der Waals surface area contributed by atoms with E-state index < -0.39 is 28.3 Å². The number of hydrogen-bond acceptors (Lipinski definition) is 6. The number of sulfonamides is 1. The second-order valence-corrected chi connectivity index (χ2v) is 10.7. The SMILES string of the molecule is C[C@H](O)C#Cc1ccc2c(c1)O[C@@H](CN(C)C(=O)C1CC1)[C@H](C)CN([C@@H](C)CO)S2(=O)=O. The number of fused-ring (bicyclic) bond motifs is 1. The highest BCUT2D eigenvalue weighted by Gasteiger charge is 2.39. The molecule has 2 aliphatic rings. The fourth-order valence-corrected chi connectivity index (χ4v) is 5.54. The van der Waals surface area contributed by atoms with Gasteiger partial charge in [0.2, 0.25) is 15.9 Å². The highest BCUT2D eigenvalue weighted by Crippen LogP contribution is 2.35. The number of aliphatic hydroxyl groups is 2. The van der Waals surface area contributed by atoms with E-state index in [9.17, 15) is 23.4 Å². The topological polar surface area (TPSA) is 107 Å². The Bertz CT molecular complexity index is 1010. The number of likely N-dealkylation sites (N-methyl/N-ethyl adjacent to an activating group) is 1. The Morgan fingerprint density at radius 3 is 2.62 bits per heavy atom. The van der Waals surface area contributed by atoms with Crippen LogP contribution < -0.4 is 4.74 Å². The number of benzene rings is 1. The number of ether oxygens (including phenoxy) is 1. The number of rotatable bonds is 5. The lowest BCUT2D eigenvalue weighted by molar-refractivity contribution is -0.132. The third kappa shape index (κ3) is 5.44. The third-order valence-corrected chi connectivity index (χ3v) is 7.87. The van der Waals surface area contributed by atoms with Crippen LogP contribution in [0.4, 0.5) is 0 Å². The molecule has 1 aliphatic heterocycles. The number of aliphatic hydroxyl groups excluding tert-OH is 2. The Kier molecular flexibility index (Phi) is 7.50. The zero-order valence-corrected chi connectivity index (χ0v) is 19.8. The molecule has 3 rings (SSSR count). The van der Waals surface area contributed by atoms with E-state index in [-0.39, 0.29) is 41.5 Å². The normalized spacial score (nSPS) is 24.6. The standard InChI is InChI=1S/C23H32N2O6S/c1-15-12-25(16(2)14-26)32(29,30)22-10-7-18(6-5-17(3)27)11-20(22)31-21(15)13-24(4)23(28)19-8-9-19/h7,10-11,15-17,19,21,26-27H,8-9,12-14H2,1-4H3/t15-,16+,17+,21+/m1/s1. The molecule has 1 aromatic rings. The van der Waals surface area contributed by atoms with Gasteiger partial charge in [0.05, 0.1) is 13.2 Å². The second-order valence-electron chi connectivity index (χ2n) is 8.84. The van der Waals surface area contributed by atoms with Gasteiger partial charge in [0.1, 0.15) is 22.9 Å². The molecule has 0 spiro atoms. The van der Waals surface area contributed by atoms with Crippen molar-refractivity contribution in [1.29, 1.82) is 0 Å². The molecule has 0 aromatic heterocycles. The van der Waals surface area contributed by atoms with E-state index in [1.54, 1.807) is 37.9 Å². The van der Waals surface area contributed by atoms with Gasteiger partial charge in [0.25, 0.3) is 0 Å². The Morgan fingerprint density at radius 2 is 2.03 bits per heavy atom. The van der Waals surface area contributed by atoms with E-state index in [1.807, 2.05) is 6.92 Å². The molecule has 8 nitrogen and oxygen atoms in total. The summed E-state index contributed by atoms with van der Waals surface area (Å²) < 4.78 is 34.4. The van der Waals surface area contributed by atoms with Gasteiger partial charge in [-0.15, -0.1) is 0 Å². The summed E-state index contributed by atoms with van der Waals surface area (Å²) in [4.78, 5) is 14.2. The minimum Gasteiger partial charge on any atom is -0.487 e. The zero-order chi connectivity index (χ0) is 23.6. The summed E-state index contributed by atoms with van der Waals surface area (Å²) in [7, 11) is -2.19. The van der Waals surface area contributed by atoms with Crippen LogP contribution in [0.1, 0.15) is 39.2 Å². The van der Waals surface area contributed by atoms with Gasteiger partial charge in [-0.25, -0.2) is 8.42 Å². The van der Waals surface area contributed by atoms with Crippen LogP contribution in [-0.4, -0.2) is 78.7 Å². The summed E-state index contributed by atoms with van der Waals surface area (Å²) >= 11 is 0. The van der Waals surface area contributed by atoms with Crippen LogP contribution in [0.3, 0.4) is 0 Å². The molecule has 176 valence electrons. The first-order chi connectivity index (χ1) is 15.0. The van der Waals surface area contributed by atoms with E-state index in [0.29, 0.717) is 12.1 Å². The summed E-state index contributed by atoms with van der Waals surface area (Å²) in [6.45, 7) is 5.25. The molecule has 1 aliphatic carbocycles. The Labute approximate surface area is 190 Å². The van der Waals surface area contributed by atoms with Crippen LogP contribution in [0.5, 0.6) is 5.75 Å². The molecule has 0 bridgehead atoms. The molecule has 32 heavy (non-hydrogen) atoms. The average molecular weight is 465 g/mol. The molecule has 1 heterocycles. The number of amides is 1. The van der Waals surface area contributed by atoms with Gasteiger partial charge in [-0.2, -0.15) is 4.31 Å². The van der Waals surface area contributed by atoms with Crippen molar-refractivity contribution in [2.75, 3.05) is 26.7 Å². The molecule has 9 heteroatoms. The minimum absolute atomic E-state index is 0.00605. The van der Waals surface area contributed by atoms with Crippen LogP contribution in [0.25, 0.3) is 0 Å². The molecule has 0 saturated heterocycles. The number of carbonyl (C=O) groups is 1. The molecule has 1 saturated carbocycles. The molecular weight excluding hydrogens is 432 g/mol. The van der Waals surface area contributed by atoms with Gasteiger partial charge in [-0.05, 0) is 44.9 Å². The van der Waals surface area contributed by atoms with Gasteiger partial charge in [0, 0.05) is 37.0 Å². The Hall–Kier alpha value is -2.12. The maximum absolute atomic E-state index is 13.4. The van der Waals surface area contributed by atoms with Crippen LogP contribution in [0.15, 0.2) is 23.1 Å². The van der Waals surface area contributed by atoms with Crippen molar-refractivity contribution in [2.45, 2.75) is 56.8 Å². The fraction of sp³-hybridized carbons (Fsp3) is 0.609. The molecule has 4 atom stereocenters. The van der Waals surface area contributed by atoms with Gasteiger partial charge in [-0.1, -0.05) is 18.8 Å². The number of hydrogen-bond donors (Lipinski definition) is 2. The smallest absolute Gasteiger partial charge is 0.247 e. The predicted molar refractivity (Wildman–Crippen MR) is 119 cm³/mol. The summed E-state index contributed by atoms with van der Waals surface area (Å²) in [5.74, 6) is 5.52. The molecule has 0 unspecified atom stereocenters. The van der Waals surface area contributed by atoms with E-state index in [0.717, 1.165) is 12.8 Å². The lowest BCUT2D eigenvalue weighted by Crippen LogP contribution is -2.50. The number of carbonyl (C=O) groups excluding carboxylic acids is 1. The first-order valence-electron chi connectivity index (χ1n) is 10.9. The fourth-order valence-electron chi connectivity index (χ4n) is 3.71. The van der Waals surface area contributed by atoms with Crippen LogP contribution >= 0.6 is 0 Å². The maximum Gasteiger partial charge on any atom is 0.247 e. The maximum atomic E-state index is 13.4. The van der Waals surface area contributed by atoms with Crippen LogP contribution in [0.2, 0.25) is 0 Å². The van der Waals surface area contributed by atoms with Gasteiger partial charge in [-0.3, -0.25) is 4.79 Å². The summed E-state index contributed by atoms with van der Waals surface area (Å²) in [6, 6.07) is 3.95. The van der Waals surface area contributed by atoms with Crippen molar-refractivity contribution < 1.29 is 28.2 Å². The van der Waals surface area contributed by atoms with Crippen molar-refractivity contribution >= 4 is 15.9 Å². The first kappa shape index (κ1) is 24.5. The van der Waals surface area contributed by atoms with E-state index in [4.69, 9.17) is 4.74 Å². The molecule has 0 radical (unpaired) electrons. The van der Waals surface area contributed by atoms with Crippen molar-refractivity contribution in [2.24, 2.45) is 11.8 Å². The lowest BCUT2D eigenvalue weighted by atomic mass is 10.0. The van der Waals surface area contributed by atoms with Crippen molar-refractivity contribution in [1.82, 2.24) is 9.21 Å². The molecule has 1 fully saturated rings. The Morgan fingerprint density at radius 1 is 1.34 bits per heavy atom. The lowest BCUT2D eigenvalue weighted by Gasteiger charge is -2.37. The largest absolute Gasteiger partial charge is 0.487 e. The average Bonchev–Trinajstić information content (AvgIpc) is 3.58. The van der Waals surface area contributed by atoms with Gasteiger partial charge >= 0.3 is 0 Å². The predicted octanol–water partition coefficient (Wildman–Crippen LogP) is 1.06. The molecular formula is C23H32N2O6S. The molecule has 1 amide bonds. The first-order valence-corrected chi connectivity index (χ1v) is 12.4. The highest BCUT2D eigenvalue weighted by atomic mass is 32.2. The van der Waals surface area contributed by atoms with Crippen LogP contribution in [-0.2, 0) is 14.8 Å². The minimum atomic E-state index is -3.94. The molecule has 1 aromatic carbocycles. The van der Waals surface area contributed by atoms with Crippen LogP contribution in [0, 0.1) is 23.7 Å². The molecule has 2 N–H and O–H groups in total. The van der Waals surface area contributed by atoms with Gasteiger partial charge in [0.15, 0.2) is 0 Å². The van der Waals surface area contributed by atoms with Gasteiger partial charge < -0.3 is 19.8 Å². The second kappa shape index (κ2) is 9.79. The Balaban J connectivity index is 2.03.